The normalized spacial score (nSPS) is 20.7. The van der Waals surface area contributed by atoms with Gasteiger partial charge in [-0.2, -0.15) is 4.98 Å². The van der Waals surface area contributed by atoms with Gasteiger partial charge in [-0.05, 0) is 40.0 Å². The van der Waals surface area contributed by atoms with Gasteiger partial charge >= 0.3 is 19.9 Å². The van der Waals surface area contributed by atoms with Crippen molar-refractivity contribution in [1.29, 1.82) is 0 Å². The molecule has 206 valence electrons. The average Bonchev–Trinajstić information content (AvgIpc) is 3.25. The second-order valence-electron chi connectivity index (χ2n) is 9.31. The van der Waals surface area contributed by atoms with Crippen molar-refractivity contribution in [2.24, 2.45) is 5.92 Å². The number of carbonyl (C=O) groups is 2. The summed E-state index contributed by atoms with van der Waals surface area (Å²) in [5.41, 5.74) is 4.21. The van der Waals surface area contributed by atoms with Crippen LogP contribution in [0.5, 0.6) is 0 Å². The summed E-state index contributed by atoms with van der Waals surface area (Å²) in [6, 6.07) is 0. The van der Waals surface area contributed by atoms with Crippen molar-refractivity contribution in [1.82, 2.24) is 19.5 Å². The first-order valence-corrected chi connectivity index (χ1v) is 13.3. The van der Waals surface area contributed by atoms with Gasteiger partial charge < -0.3 is 34.1 Å². The van der Waals surface area contributed by atoms with Crippen LogP contribution in [0.3, 0.4) is 0 Å². The molecule has 1 fully saturated rings. The molecule has 1 aliphatic rings. The minimum absolute atomic E-state index is 0.0443. The SMILES string of the molecule is CC(C)OC(=O)OCC(COC(=O)OC(C)C)P(=O)(O)OOC1(Cn2cnc3cnc(N)nc32)CC1C. The number of hydrogen-bond donors (Lipinski definition) is 2. The number of ether oxygens (including phenoxy) is 4. The fourth-order valence-electron chi connectivity index (χ4n) is 3.30. The Balaban J connectivity index is 1.69. The van der Waals surface area contributed by atoms with Crippen LogP contribution in [0.4, 0.5) is 15.5 Å². The summed E-state index contributed by atoms with van der Waals surface area (Å²) in [6.07, 6.45) is 0.442. The van der Waals surface area contributed by atoms with Gasteiger partial charge in [0.2, 0.25) is 5.95 Å². The first-order valence-electron chi connectivity index (χ1n) is 11.6. The fourth-order valence-corrected chi connectivity index (χ4v) is 4.20. The lowest BCUT2D eigenvalue weighted by atomic mass is 10.3. The van der Waals surface area contributed by atoms with E-state index in [0.29, 0.717) is 17.6 Å². The quantitative estimate of drug-likeness (QED) is 0.171. The monoisotopic (exact) mass is 545 g/mol. The minimum Gasteiger partial charge on any atom is -0.433 e. The number of nitrogens with zero attached hydrogens (tertiary/aromatic N) is 4. The predicted molar refractivity (Wildman–Crippen MR) is 127 cm³/mol. The zero-order valence-electron chi connectivity index (χ0n) is 21.2. The Bertz CT molecular complexity index is 1130. The lowest BCUT2D eigenvalue weighted by molar-refractivity contribution is -0.271. The van der Waals surface area contributed by atoms with Crippen molar-refractivity contribution < 1.29 is 47.6 Å². The molecule has 0 radical (unpaired) electrons. The fraction of sp³-hybridized carbons (Fsp3) is 0.667. The Labute approximate surface area is 213 Å². The van der Waals surface area contributed by atoms with Crippen molar-refractivity contribution >= 4 is 37.0 Å². The number of fused-ring (bicyclic) bond motifs is 1. The summed E-state index contributed by atoms with van der Waals surface area (Å²) in [5.74, 6) is 0.0242. The molecule has 3 unspecified atom stereocenters. The Morgan fingerprint density at radius 3 is 2.24 bits per heavy atom. The first kappa shape index (κ1) is 28.6. The second-order valence-corrected chi connectivity index (χ2v) is 11.3. The van der Waals surface area contributed by atoms with Crippen LogP contribution < -0.4 is 5.73 Å². The van der Waals surface area contributed by atoms with Gasteiger partial charge in [0.15, 0.2) is 5.65 Å². The minimum atomic E-state index is -4.67. The van der Waals surface area contributed by atoms with E-state index in [0.717, 1.165) is 0 Å². The van der Waals surface area contributed by atoms with Crippen molar-refractivity contribution in [2.75, 3.05) is 18.9 Å². The van der Waals surface area contributed by atoms with Crippen LogP contribution in [0.1, 0.15) is 41.0 Å². The maximum Gasteiger partial charge on any atom is 0.508 e. The van der Waals surface area contributed by atoms with Gasteiger partial charge in [0.05, 0.1) is 31.3 Å². The molecule has 1 aliphatic carbocycles. The number of hydrogen-bond acceptors (Lipinski definition) is 13. The summed E-state index contributed by atoms with van der Waals surface area (Å²) < 4.78 is 39.4. The second kappa shape index (κ2) is 11.6. The molecule has 0 amide bonds. The molecule has 16 heteroatoms. The third kappa shape index (κ3) is 7.74. The molecule has 2 heterocycles. The van der Waals surface area contributed by atoms with Crippen molar-refractivity contribution in [3.05, 3.63) is 12.5 Å². The van der Waals surface area contributed by atoms with Crippen LogP contribution in [0.15, 0.2) is 12.5 Å². The standard InChI is InChI=1S/C21H32N5O10P/c1-12(2)33-19(27)31-8-15(9-32-20(28)34-13(3)4)37(29,30)36-35-21(6-14(21)5)10-26-11-24-16-7-23-18(22)25-17(16)26/h7,11-15H,6,8-10H2,1-5H3,(H,29,30)(H2,22,23,25). The van der Waals surface area contributed by atoms with E-state index >= 15 is 0 Å². The zero-order valence-corrected chi connectivity index (χ0v) is 22.1. The van der Waals surface area contributed by atoms with E-state index in [1.807, 2.05) is 6.92 Å². The highest BCUT2D eigenvalue weighted by atomic mass is 31.2. The summed E-state index contributed by atoms with van der Waals surface area (Å²) in [4.78, 5) is 52.1. The van der Waals surface area contributed by atoms with Gasteiger partial charge in [-0.25, -0.2) is 24.4 Å². The number of anilines is 1. The Kier molecular flexibility index (Phi) is 8.95. The number of imidazole rings is 1. The van der Waals surface area contributed by atoms with E-state index in [2.05, 4.69) is 15.0 Å². The van der Waals surface area contributed by atoms with Crippen molar-refractivity contribution in [3.8, 4) is 0 Å². The molecule has 0 spiro atoms. The van der Waals surface area contributed by atoms with Gasteiger partial charge in [0.25, 0.3) is 0 Å². The summed E-state index contributed by atoms with van der Waals surface area (Å²) in [5, 5.41) is 0. The average molecular weight is 545 g/mol. The first-order chi connectivity index (χ1) is 17.3. The molecule has 3 N–H and O–H groups in total. The maximum absolute atomic E-state index is 13.1. The molecular weight excluding hydrogens is 513 g/mol. The lowest BCUT2D eigenvalue weighted by Gasteiger charge is -2.24. The zero-order chi connectivity index (χ0) is 27.4. The topological polar surface area (TPSA) is 196 Å². The maximum atomic E-state index is 13.1. The number of nitrogens with two attached hydrogens (primary N) is 1. The van der Waals surface area contributed by atoms with Crippen molar-refractivity contribution in [3.63, 3.8) is 0 Å². The molecule has 3 rings (SSSR count). The summed E-state index contributed by atoms with van der Waals surface area (Å²) in [7, 11) is -4.67. The molecule has 3 atom stereocenters. The van der Waals surface area contributed by atoms with E-state index in [-0.39, 0.29) is 18.4 Å². The molecule has 1 saturated carbocycles. The molecule has 0 aromatic carbocycles. The molecule has 2 aromatic heterocycles. The lowest BCUT2D eigenvalue weighted by Crippen LogP contribution is -2.30. The van der Waals surface area contributed by atoms with Crippen molar-refractivity contribution in [2.45, 2.75) is 71.1 Å². The van der Waals surface area contributed by atoms with Gasteiger partial charge in [-0.15, -0.1) is 4.67 Å². The molecule has 0 aliphatic heterocycles. The van der Waals surface area contributed by atoms with Gasteiger partial charge in [-0.1, -0.05) is 6.92 Å². The summed E-state index contributed by atoms with van der Waals surface area (Å²) >= 11 is 0. The highest BCUT2D eigenvalue weighted by Gasteiger charge is 2.56. The highest BCUT2D eigenvalue weighted by molar-refractivity contribution is 7.53. The van der Waals surface area contributed by atoms with Gasteiger partial charge in [0, 0.05) is 0 Å². The van der Waals surface area contributed by atoms with Crippen LogP contribution in [0.2, 0.25) is 0 Å². The largest absolute Gasteiger partial charge is 0.508 e. The summed E-state index contributed by atoms with van der Waals surface area (Å²) in [6.45, 7) is 7.21. The van der Waals surface area contributed by atoms with E-state index in [9.17, 15) is 19.0 Å². The van der Waals surface area contributed by atoms with Crippen LogP contribution in [-0.4, -0.2) is 73.4 Å². The Hall–Kier alpha value is -3.00. The van der Waals surface area contributed by atoms with Crippen LogP contribution in [-0.2, 0) is 39.6 Å². The number of rotatable bonds is 12. The molecular formula is C21H32N5O10P. The Morgan fingerprint density at radius 1 is 1.16 bits per heavy atom. The molecule has 0 bridgehead atoms. The Morgan fingerprint density at radius 2 is 1.73 bits per heavy atom. The number of carbonyl (C=O) groups excluding carboxylic acids is 2. The molecule has 37 heavy (non-hydrogen) atoms. The third-order valence-corrected chi connectivity index (χ3v) is 6.94. The predicted octanol–water partition coefficient (Wildman–Crippen LogP) is 2.81. The number of nitrogen functional groups attached to an aromatic ring is 1. The molecule has 2 aromatic rings. The van der Waals surface area contributed by atoms with Gasteiger partial charge in [0.1, 0.15) is 30.0 Å². The van der Waals surface area contributed by atoms with Crippen LogP contribution in [0, 0.1) is 5.92 Å². The van der Waals surface area contributed by atoms with Crippen LogP contribution >= 0.6 is 7.60 Å². The number of aromatic nitrogens is 4. The smallest absolute Gasteiger partial charge is 0.433 e. The van der Waals surface area contributed by atoms with Gasteiger partial charge in [-0.3, -0.25) is 4.57 Å². The highest BCUT2D eigenvalue weighted by Crippen LogP contribution is 2.55. The van der Waals surface area contributed by atoms with E-state index < -0.39 is 56.6 Å². The third-order valence-electron chi connectivity index (χ3n) is 5.43. The molecule has 0 saturated heterocycles. The van der Waals surface area contributed by atoms with E-state index in [1.54, 1.807) is 32.3 Å². The van der Waals surface area contributed by atoms with Crippen LogP contribution in [0.25, 0.3) is 11.2 Å². The van der Waals surface area contributed by atoms with E-state index in [4.69, 9.17) is 34.2 Å². The van der Waals surface area contributed by atoms with E-state index in [1.165, 1.54) is 12.5 Å². The molecule has 15 nitrogen and oxygen atoms in total.